The molecule has 6 heterocycles. The molecule has 0 unspecified atom stereocenters. The summed E-state index contributed by atoms with van der Waals surface area (Å²) >= 11 is -0.486. The minimum Gasteiger partial charge on any atom is -0.412 e. The van der Waals surface area contributed by atoms with Crippen LogP contribution < -0.4 is 21.3 Å². The Bertz CT molecular complexity index is 2060. The van der Waals surface area contributed by atoms with Gasteiger partial charge in [0.15, 0.2) is 0 Å². The Morgan fingerprint density at radius 2 is 0.595 bits per heavy atom. The molecule has 10 heteroatoms. The van der Waals surface area contributed by atoms with Crippen molar-refractivity contribution in [3.8, 4) is 0 Å². The second-order valence-electron chi connectivity index (χ2n) is 10.7. The van der Waals surface area contributed by atoms with Gasteiger partial charge in [0.1, 0.15) is 23.3 Å². The monoisotopic (exact) mass is 563 g/mol. The molecule has 8 N–H and O–H groups in total. The number of hydrogen-bond acceptors (Lipinski definition) is 4. The van der Waals surface area contributed by atoms with Crippen LogP contribution in [0.5, 0.6) is 0 Å². The van der Waals surface area contributed by atoms with Gasteiger partial charge in [0.25, 0.3) is 0 Å². The van der Waals surface area contributed by atoms with Crippen molar-refractivity contribution in [2.75, 3.05) is 21.3 Å². The quantitative estimate of drug-likeness (QED) is 0.109. The van der Waals surface area contributed by atoms with Crippen molar-refractivity contribution in [1.29, 1.82) is 0 Å². The maximum absolute atomic E-state index is 3.84. The summed E-state index contributed by atoms with van der Waals surface area (Å²) in [5.41, 5.74) is 0. The van der Waals surface area contributed by atoms with Crippen molar-refractivity contribution in [2.45, 2.75) is 0 Å². The fraction of sp³-hybridized carbons (Fsp3) is 0. The maximum atomic E-state index is 3.84. The second-order valence-corrected chi connectivity index (χ2v) is 11.9. The van der Waals surface area contributed by atoms with Gasteiger partial charge in [-0.15, -0.1) is 0 Å². The summed E-state index contributed by atoms with van der Waals surface area (Å²) < 4.78 is 4.86. The third-order valence-corrected chi connectivity index (χ3v) is 9.97. The molecule has 0 spiro atoms. The summed E-state index contributed by atoms with van der Waals surface area (Å²) in [6.45, 7) is 0. The van der Waals surface area contributed by atoms with E-state index in [1.165, 1.54) is 21.5 Å². The predicted octanol–water partition coefficient (Wildman–Crippen LogP) is 7.27. The average molecular weight is 564 g/mol. The first-order chi connectivity index (χ1) is 20.3. The Balaban J connectivity index is 0.00000250. The molecule has 201 valence electrons. The van der Waals surface area contributed by atoms with Crippen LogP contribution in [0.15, 0.2) is 97.1 Å². The molecule has 0 saturated heterocycles. The van der Waals surface area contributed by atoms with Crippen LogP contribution in [0.1, 0.15) is 0 Å². The van der Waals surface area contributed by atoms with E-state index in [-0.39, 0.29) is 5.48 Å². The first-order valence-corrected chi connectivity index (χ1v) is 14.8. The highest BCUT2D eigenvalue weighted by molar-refractivity contribution is 6.40. The second kappa shape index (κ2) is 8.38. The minimum absolute atomic E-state index is 0. The van der Waals surface area contributed by atoms with Gasteiger partial charge >= 0.3 is 15.7 Å². The summed E-state index contributed by atoms with van der Waals surface area (Å²) in [5, 5.41) is 24.6. The van der Waals surface area contributed by atoms with E-state index in [2.05, 4.69) is 135 Å². The van der Waals surface area contributed by atoms with Gasteiger partial charge < -0.3 is 43.8 Å². The number of fused-ring (bicyclic) bond motifs is 16. The van der Waals surface area contributed by atoms with Crippen LogP contribution in [0.2, 0.25) is 0 Å². The van der Waals surface area contributed by atoms with E-state index in [0.717, 1.165) is 68.1 Å². The van der Waals surface area contributed by atoms with Crippen LogP contribution >= 0.6 is 0 Å². The lowest BCUT2D eigenvalue weighted by Gasteiger charge is -2.21. The molecule has 0 aliphatic carbocycles. The number of aromatic amines is 2. The van der Waals surface area contributed by atoms with E-state index in [0.29, 0.717) is 0 Å². The smallest absolute Gasteiger partial charge is 0.412 e. The molecule has 0 amide bonds. The Labute approximate surface area is 245 Å². The number of nitrogens with zero attached hydrogens (tertiary/aromatic N) is 2. The number of H-pyrrole nitrogens is 2. The summed E-state index contributed by atoms with van der Waals surface area (Å²) in [4.78, 5) is 7.39. The summed E-state index contributed by atoms with van der Waals surface area (Å²) in [5.74, 6) is 8.13. The van der Waals surface area contributed by atoms with Gasteiger partial charge in [0.05, 0.1) is 23.3 Å². The highest BCUT2D eigenvalue weighted by Crippen LogP contribution is 2.46. The molecule has 0 atom stereocenters. The normalized spacial score (nSPS) is 13.0. The zero-order valence-electron chi connectivity index (χ0n) is 22.2. The zero-order valence-corrected chi connectivity index (χ0v) is 23.4. The van der Waals surface area contributed by atoms with Crippen molar-refractivity contribution in [1.82, 2.24) is 17.1 Å². The average Bonchev–Trinajstić information content (AvgIpc) is 3.72. The highest BCUT2D eigenvalue weighted by atomic mass is 27.1. The van der Waals surface area contributed by atoms with Gasteiger partial charge in [-0.2, -0.15) is 0 Å². The van der Waals surface area contributed by atoms with Crippen molar-refractivity contribution in [2.24, 2.45) is 0 Å². The molecule has 4 aromatic carbocycles. The van der Waals surface area contributed by atoms with Gasteiger partial charge in [-0.05, 0) is 0 Å². The molecule has 2 aliphatic heterocycles. The lowest BCUT2D eigenvalue weighted by Crippen LogP contribution is -2.23. The Morgan fingerprint density at radius 3 is 0.857 bits per heavy atom. The third kappa shape index (κ3) is 3.00. The van der Waals surface area contributed by atoms with Gasteiger partial charge in [-0.25, -0.2) is 0 Å². The number of nitrogens with one attached hydrogen (secondary N) is 6. The van der Waals surface area contributed by atoms with Crippen LogP contribution in [-0.4, -0.2) is 38.2 Å². The van der Waals surface area contributed by atoms with E-state index in [1.807, 2.05) is 0 Å². The zero-order chi connectivity index (χ0) is 26.7. The maximum Gasteiger partial charge on any atom is 0.568 e. The minimum atomic E-state index is -0.486. The molecular formula is C32H24AlN8O. The summed E-state index contributed by atoms with van der Waals surface area (Å²) in [7, 11) is 0. The van der Waals surface area contributed by atoms with Gasteiger partial charge in [-0.3, -0.25) is 0 Å². The molecule has 6 bridgehead atoms. The Kier molecular flexibility index (Phi) is 4.68. The fourth-order valence-electron chi connectivity index (χ4n) is 6.62. The van der Waals surface area contributed by atoms with Crippen LogP contribution in [-0.2, 0) is 0 Å². The molecule has 42 heavy (non-hydrogen) atoms. The Hall–Kier alpha value is -5.27. The van der Waals surface area contributed by atoms with Crippen molar-refractivity contribution in [3.05, 3.63) is 97.1 Å². The number of benzene rings is 4. The molecule has 4 aromatic heterocycles. The fourth-order valence-corrected chi connectivity index (χ4v) is 8.12. The molecular weight excluding hydrogens is 539 g/mol. The molecule has 0 fully saturated rings. The first kappa shape index (κ1) is 23.4. The molecule has 8 aromatic rings. The highest BCUT2D eigenvalue weighted by Gasteiger charge is 2.29. The SMILES string of the molecule is O.c1ccc2c3[nH]c(c2c1)Nc1c2ccccc2c2[n]1[Al][n]1c(c4ccccc4c1Nc1[nH]c(c4ccccc14)N2)N3. The lowest BCUT2D eigenvalue weighted by atomic mass is 10.2. The number of anilines is 8. The molecule has 10 rings (SSSR count). The van der Waals surface area contributed by atoms with Crippen LogP contribution in [0.4, 0.5) is 46.5 Å². The number of hydrogen-bond donors (Lipinski definition) is 6. The van der Waals surface area contributed by atoms with Crippen molar-refractivity contribution >= 4 is 105 Å². The van der Waals surface area contributed by atoms with E-state index < -0.39 is 15.7 Å². The van der Waals surface area contributed by atoms with Crippen LogP contribution in [0.25, 0.3) is 43.1 Å². The lowest BCUT2D eigenvalue weighted by molar-refractivity contribution is 0.824. The van der Waals surface area contributed by atoms with Gasteiger partial charge in [-0.1, -0.05) is 97.1 Å². The Morgan fingerprint density at radius 1 is 0.357 bits per heavy atom. The summed E-state index contributed by atoms with van der Waals surface area (Å²) in [6.07, 6.45) is 0. The van der Waals surface area contributed by atoms with E-state index >= 15 is 0 Å². The van der Waals surface area contributed by atoms with Crippen LogP contribution in [0, 0.1) is 0 Å². The summed E-state index contributed by atoms with van der Waals surface area (Å²) in [6, 6.07) is 34.3. The first-order valence-electron chi connectivity index (χ1n) is 13.7. The third-order valence-electron chi connectivity index (χ3n) is 8.47. The predicted molar refractivity (Wildman–Crippen MR) is 174 cm³/mol. The van der Waals surface area contributed by atoms with Crippen molar-refractivity contribution in [3.63, 3.8) is 0 Å². The largest absolute Gasteiger partial charge is 0.568 e. The van der Waals surface area contributed by atoms with E-state index in [9.17, 15) is 0 Å². The van der Waals surface area contributed by atoms with E-state index in [4.69, 9.17) is 0 Å². The molecule has 0 saturated carbocycles. The van der Waals surface area contributed by atoms with Gasteiger partial charge in [0, 0.05) is 43.1 Å². The topological polar surface area (TPSA) is 121 Å². The number of rotatable bonds is 0. The molecule has 9 nitrogen and oxygen atoms in total. The van der Waals surface area contributed by atoms with Crippen LogP contribution in [0.3, 0.4) is 0 Å². The molecule has 1 radical (unpaired) electrons. The van der Waals surface area contributed by atoms with Crippen molar-refractivity contribution < 1.29 is 5.48 Å². The standard InChI is InChI=1S/C32H22N8.Al.H2O/c1-2-10-18-17(9-1)25-33-26(18)38-28-21-13-5-6-14-22(21)30(35-28)40-32-24-16-8-7-15-23(24)31(36-32)39-29-20-12-4-3-11-19(20)27(34-29)37-25;;/h1-16,33,36-40H;;1H2/q-2;+2;. The van der Waals surface area contributed by atoms with Gasteiger partial charge in [0.2, 0.25) is 0 Å². The van der Waals surface area contributed by atoms with E-state index in [1.54, 1.807) is 0 Å². The number of aromatic nitrogens is 4. The molecule has 2 aliphatic rings.